The molecule has 59 heavy (non-hydrogen) atoms. The fraction of sp³-hybridized carbons (Fsp3) is 0. The quantitative estimate of drug-likeness (QED) is 0.179. The lowest BCUT2D eigenvalue weighted by atomic mass is 9.99. The van der Waals surface area contributed by atoms with Gasteiger partial charge in [0.15, 0.2) is 11.6 Å². The molecule has 0 aliphatic rings. The Morgan fingerprint density at radius 1 is 0.390 bits per heavy atom. The topological polar surface area (TPSA) is 56.7 Å². The third-order valence-electron chi connectivity index (χ3n) is 11.8. The second-order valence-electron chi connectivity index (χ2n) is 15.2. The van der Waals surface area contributed by atoms with E-state index in [9.17, 15) is 0 Å². The summed E-state index contributed by atoms with van der Waals surface area (Å²) in [5.41, 5.74) is 7.74. The van der Waals surface area contributed by atoms with Gasteiger partial charge >= 0.3 is 0 Å². The van der Waals surface area contributed by atoms with Gasteiger partial charge < -0.3 is 4.42 Å². The first kappa shape index (κ1) is 32.4. The predicted octanol–water partition coefficient (Wildman–Crippen LogP) is 14.5. The van der Waals surface area contributed by atoms with E-state index in [2.05, 4.69) is 168 Å². The molecule has 0 bridgehead atoms. The third kappa shape index (κ3) is 5.00. The minimum Gasteiger partial charge on any atom is -0.456 e. The van der Waals surface area contributed by atoms with Crippen LogP contribution in [0.4, 0.5) is 0 Å². The van der Waals surface area contributed by atoms with Gasteiger partial charge in [0.05, 0.1) is 11.0 Å². The Kier molecular flexibility index (Phi) is 6.82. The van der Waals surface area contributed by atoms with Gasteiger partial charge in [0, 0.05) is 58.4 Å². The smallest absolute Gasteiger partial charge is 0.238 e. The first-order valence-electron chi connectivity index (χ1n) is 19.8. The van der Waals surface area contributed by atoms with E-state index < -0.39 is 0 Å². The summed E-state index contributed by atoms with van der Waals surface area (Å²) in [5, 5.41) is 11.6. The van der Waals surface area contributed by atoms with Gasteiger partial charge in [-0.15, -0.1) is 11.3 Å². The number of fused-ring (bicyclic) bond motifs is 11. The zero-order valence-corrected chi connectivity index (χ0v) is 32.2. The Morgan fingerprint density at radius 2 is 1.03 bits per heavy atom. The largest absolute Gasteiger partial charge is 0.456 e. The van der Waals surface area contributed by atoms with Gasteiger partial charge in [-0.3, -0.25) is 4.57 Å². The highest BCUT2D eigenvalue weighted by molar-refractivity contribution is 7.25. The summed E-state index contributed by atoms with van der Waals surface area (Å²) in [6.07, 6.45) is 0. The minimum absolute atomic E-state index is 0.549. The number of hydrogen-bond donors (Lipinski definition) is 0. The van der Waals surface area contributed by atoms with Crippen LogP contribution in [-0.2, 0) is 0 Å². The molecule has 0 fully saturated rings. The molecule has 13 rings (SSSR count). The van der Waals surface area contributed by atoms with E-state index in [1.165, 1.54) is 25.6 Å². The zero-order chi connectivity index (χ0) is 38.6. The molecule has 0 saturated heterocycles. The Morgan fingerprint density at radius 3 is 1.90 bits per heavy atom. The van der Waals surface area contributed by atoms with Crippen LogP contribution in [0.15, 0.2) is 186 Å². The molecule has 0 saturated carbocycles. The molecular formula is C53H30N4OS. The Bertz CT molecular complexity index is 3870. The lowest BCUT2D eigenvalue weighted by Crippen LogP contribution is -2.07. The number of nitrogens with zero attached hydrogens (tertiary/aromatic N) is 4. The van der Waals surface area contributed by atoms with Crippen molar-refractivity contribution in [1.82, 2.24) is 19.5 Å². The molecule has 4 heterocycles. The Labute approximate surface area is 341 Å². The fourth-order valence-corrected chi connectivity index (χ4v) is 10.1. The highest BCUT2D eigenvalue weighted by Crippen LogP contribution is 2.42. The lowest BCUT2D eigenvalue weighted by molar-refractivity contribution is 0.669. The molecule has 0 aliphatic heterocycles. The number of hydrogen-bond acceptors (Lipinski definition) is 5. The van der Waals surface area contributed by atoms with Crippen LogP contribution < -0.4 is 0 Å². The van der Waals surface area contributed by atoms with Crippen LogP contribution in [0.1, 0.15) is 0 Å². The summed E-state index contributed by atoms with van der Waals surface area (Å²) < 4.78 is 11.2. The van der Waals surface area contributed by atoms with Crippen molar-refractivity contribution in [2.24, 2.45) is 0 Å². The maximum Gasteiger partial charge on any atom is 0.238 e. The van der Waals surface area contributed by atoms with Gasteiger partial charge in [-0.1, -0.05) is 127 Å². The van der Waals surface area contributed by atoms with E-state index in [-0.39, 0.29) is 0 Å². The average Bonchev–Trinajstić information content (AvgIpc) is 3.96. The molecule has 0 amide bonds. The predicted molar refractivity (Wildman–Crippen MR) is 246 cm³/mol. The molecule has 0 spiro atoms. The maximum atomic E-state index is 6.38. The second-order valence-corrected chi connectivity index (χ2v) is 16.3. The van der Waals surface area contributed by atoms with Crippen molar-refractivity contribution in [3.05, 3.63) is 182 Å². The Balaban J connectivity index is 1.12. The van der Waals surface area contributed by atoms with Crippen molar-refractivity contribution >= 4 is 96.8 Å². The molecular weight excluding hydrogens is 741 g/mol. The summed E-state index contributed by atoms with van der Waals surface area (Å²) in [4.78, 5) is 16.0. The fourth-order valence-electron chi connectivity index (χ4n) is 9.00. The van der Waals surface area contributed by atoms with Crippen LogP contribution in [0.25, 0.3) is 125 Å². The molecule has 274 valence electrons. The molecule has 0 aliphatic carbocycles. The molecule has 13 aromatic rings. The van der Waals surface area contributed by atoms with Gasteiger partial charge in [0.25, 0.3) is 0 Å². The van der Waals surface area contributed by atoms with E-state index in [1.54, 1.807) is 0 Å². The molecule has 9 aromatic carbocycles. The van der Waals surface area contributed by atoms with Crippen LogP contribution in [0.3, 0.4) is 0 Å². The number of para-hydroxylation sites is 2. The molecule has 5 nitrogen and oxygen atoms in total. The number of aromatic nitrogens is 4. The number of benzene rings is 9. The van der Waals surface area contributed by atoms with Crippen LogP contribution in [0.2, 0.25) is 0 Å². The van der Waals surface area contributed by atoms with E-state index in [4.69, 9.17) is 19.4 Å². The highest BCUT2D eigenvalue weighted by Gasteiger charge is 2.22. The molecule has 6 heteroatoms. The third-order valence-corrected chi connectivity index (χ3v) is 13.0. The first-order chi connectivity index (χ1) is 29.2. The van der Waals surface area contributed by atoms with Crippen LogP contribution in [-0.4, -0.2) is 19.5 Å². The van der Waals surface area contributed by atoms with E-state index in [1.807, 2.05) is 29.5 Å². The lowest BCUT2D eigenvalue weighted by Gasteiger charge is -2.13. The normalized spacial score (nSPS) is 12.1. The van der Waals surface area contributed by atoms with E-state index in [0.29, 0.717) is 17.6 Å². The monoisotopic (exact) mass is 770 g/mol. The molecule has 0 radical (unpaired) electrons. The van der Waals surface area contributed by atoms with Gasteiger partial charge in [-0.25, -0.2) is 4.98 Å². The average molecular weight is 771 g/mol. The van der Waals surface area contributed by atoms with Crippen LogP contribution in [0, 0.1) is 0 Å². The van der Waals surface area contributed by atoms with Crippen molar-refractivity contribution in [2.75, 3.05) is 0 Å². The first-order valence-corrected chi connectivity index (χ1v) is 20.6. The Hall–Kier alpha value is -7.67. The van der Waals surface area contributed by atoms with Gasteiger partial charge in [-0.05, 0) is 81.7 Å². The molecule has 0 atom stereocenters. The van der Waals surface area contributed by atoms with Gasteiger partial charge in [0.1, 0.15) is 11.2 Å². The van der Waals surface area contributed by atoms with Crippen molar-refractivity contribution in [3.8, 4) is 39.9 Å². The summed E-state index contributed by atoms with van der Waals surface area (Å²) in [7, 11) is 0. The highest BCUT2D eigenvalue weighted by atomic mass is 32.1. The van der Waals surface area contributed by atoms with E-state index in [0.717, 1.165) is 82.2 Å². The zero-order valence-electron chi connectivity index (χ0n) is 31.4. The maximum absolute atomic E-state index is 6.38. The molecule has 4 aromatic heterocycles. The van der Waals surface area contributed by atoms with Crippen molar-refractivity contribution in [3.63, 3.8) is 0 Å². The van der Waals surface area contributed by atoms with Gasteiger partial charge in [0.2, 0.25) is 5.95 Å². The summed E-state index contributed by atoms with van der Waals surface area (Å²) in [6.45, 7) is 0. The van der Waals surface area contributed by atoms with Crippen molar-refractivity contribution < 1.29 is 4.42 Å². The molecule has 0 N–H and O–H groups in total. The van der Waals surface area contributed by atoms with Crippen molar-refractivity contribution in [1.29, 1.82) is 0 Å². The summed E-state index contributed by atoms with van der Waals surface area (Å²) >= 11 is 1.84. The second kappa shape index (κ2) is 12.4. The van der Waals surface area contributed by atoms with Crippen molar-refractivity contribution in [2.45, 2.75) is 0 Å². The summed E-state index contributed by atoms with van der Waals surface area (Å²) in [6, 6.07) is 64.6. The van der Waals surface area contributed by atoms with E-state index >= 15 is 0 Å². The minimum atomic E-state index is 0.549. The number of rotatable bonds is 4. The standard InChI is InChI=1S/C53H30N4OS/c1-2-11-32-26-36(21-20-31(32)10-1)51-54-52(37-22-24-40-39-14-5-7-18-46(39)58-47(40)30-37)56-53(55-51)57-45-29-34-13-4-3-12-33(34)27-43(45)42-17-9-16-38(50(42)57)35-23-25-49-44(28-35)41-15-6-8-19-48(41)59-49/h1-30H. The van der Waals surface area contributed by atoms with Crippen LogP contribution in [0.5, 0.6) is 0 Å². The van der Waals surface area contributed by atoms with Gasteiger partial charge in [-0.2, -0.15) is 9.97 Å². The number of thiophene rings is 1. The number of furan rings is 1. The van der Waals surface area contributed by atoms with Crippen LogP contribution >= 0.6 is 11.3 Å². The molecule has 0 unspecified atom stereocenters. The summed E-state index contributed by atoms with van der Waals surface area (Å²) in [5.74, 6) is 1.72. The SMILES string of the molecule is c1ccc2cc(-c3nc(-c4ccc5c(c4)oc4ccccc45)nc(-n4c5cc6ccccc6cc5c5cccc(-c6ccc7sc8ccccc8c7c6)c54)n3)ccc2c1.